The number of carbonyl (C=O) groups excluding carboxylic acids is 1. The summed E-state index contributed by atoms with van der Waals surface area (Å²) in [5.41, 5.74) is 2.02. The van der Waals surface area contributed by atoms with Gasteiger partial charge in [-0.25, -0.2) is 9.97 Å². The zero-order valence-electron chi connectivity index (χ0n) is 11.3. The third kappa shape index (κ3) is 3.31. The van der Waals surface area contributed by atoms with Gasteiger partial charge in [-0.1, -0.05) is 11.6 Å². The van der Waals surface area contributed by atoms with Crippen molar-refractivity contribution in [2.45, 2.75) is 13.0 Å². The van der Waals surface area contributed by atoms with Crippen LogP contribution < -0.4 is 4.74 Å². The Bertz CT molecular complexity index is 646. The van der Waals surface area contributed by atoms with Gasteiger partial charge in [0.2, 0.25) is 0 Å². The van der Waals surface area contributed by atoms with E-state index >= 15 is 0 Å². The van der Waals surface area contributed by atoms with Gasteiger partial charge < -0.3 is 9.64 Å². The molecule has 0 unspecified atom stereocenters. The zero-order chi connectivity index (χ0) is 14.7. The van der Waals surface area contributed by atoms with Crippen molar-refractivity contribution in [1.82, 2.24) is 14.9 Å². The summed E-state index contributed by atoms with van der Waals surface area (Å²) in [7, 11) is 0. The van der Waals surface area contributed by atoms with Crippen molar-refractivity contribution in [1.29, 1.82) is 0 Å². The third-order valence-electron chi connectivity index (χ3n) is 3.39. The molecule has 0 fully saturated rings. The van der Waals surface area contributed by atoms with Crippen LogP contribution in [0.2, 0.25) is 5.02 Å². The van der Waals surface area contributed by atoms with Crippen molar-refractivity contribution in [2.24, 2.45) is 0 Å². The first-order valence-electron chi connectivity index (χ1n) is 6.66. The molecule has 0 aliphatic carbocycles. The SMILES string of the molecule is O=C(COc1ccc(Cl)cc1)N1CCc2ncncc2C1. The number of aromatic nitrogens is 2. The molecule has 108 valence electrons. The van der Waals surface area contributed by atoms with E-state index in [0.717, 1.165) is 17.7 Å². The number of carbonyl (C=O) groups is 1. The van der Waals surface area contributed by atoms with Crippen molar-refractivity contribution in [3.05, 3.63) is 53.1 Å². The van der Waals surface area contributed by atoms with Crippen molar-refractivity contribution >= 4 is 17.5 Å². The smallest absolute Gasteiger partial charge is 0.260 e. The van der Waals surface area contributed by atoms with Crippen LogP contribution >= 0.6 is 11.6 Å². The molecule has 5 nitrogen and oxygen atoms in total. The monoisotopic (exact) mass is 303 g/mol. The molecule has 1 amide bonds. The number of benzene rings is 1. The van der Waals surface area contributed by atoms with Gasteiger partial charge in [-0.05, 0) is 24.3 Å². The van der Waals surface area contributed by atoms with E-state index < -0.39 is 0 Å². The number of nitrogens with zero attached hydrogens (tertiary/aromatic N) is 3. The number of rotatable bonds is 3. The highest BCUT2D eigenvalue weighted by atomic mass is 35.5. The Morgan fingerprint density at radius 1 is 1.33 bits per heavy atom. The van der Waals surface area contributed by atoms with Crippen molar-refractivity contribution in [3.63, 3.8) is 0 Å². The summed E-state index contributed by atoms with van der Waals surface area (Å²) in [6.45, 7) is 1.22. The normalized spacial score (nSPS) is 13.7. The lowest BCUT2D eigenvalue weighted by atomic mass is 10.1. The Hall–Kier alpha value is -2.14. The maximum absolute atomic E-state index is 12.2. The molecule has 0 saturated heterocycles. The third-order valence-corrected chi connectivity index (χ3v) is 3.64. The molecule has 1 aliphatic rings. The molecule has 1 aliphatic heterocycles. The molecule has 6 heteroatoms. The summed E-state index contributed by atoms with van der Waals surface area (Å²) >= 11 is 5.80. The Kier molecular flexibility index (Phi) is 4.01. The van der Waals surface area contributed by atoms with E-state index in [9.17, 15) is 4.79 Å². The van der Waals surface area contributed by atoms with Crippen LogP contribution in [-0.2, 0) is 17.8 Å². The van der Waals surface area contributed by atoms with Gasteiger partial charge in [-0.3, -0.25) is 4.79 Å². The van der Waals surface area contributed by atoms with Gasteiger partial charge in [0.25, 0.3) is 5.91 Å². The largest absolute Gasteiger partial charge is 0.484 e. The fourth-order valence-corrected chi connectivity index (χ4v) is 2.37. The van der Waals surface area contributed by atoms with Crippen molar-refractivity contribution in [3.8, 4) is 5.75 Å². The molecular weight excluding hydrogens is 290 g/mol. The number of hydrogen-bond donors (Lipinski definition) is 0. The minimum absolute atomic E-state index is 0.0185. The standard InChI is InChI=1S/C15H14ClN3O2/c16-12-1-3-13(4-2-12)21-9-15(20)19-6-5-14-11(8-19)7-17-10-18-14/h1-4,7,10H,5-6,8-9H2. The fraction of sp³-hybridized carbons (Fsp3) is 0.267. The molecule has 0 bridgehead atoms. The molecular formula is C15H14ClN3O2. The highest BCUT2D eigenvalue weighted by molar-refractivity contribution is 6.30. The lowest BCUT2D eigenvalue weighted by Gasteiger charge is -2.27. The van der Waals surface area contributed by atoms with Crippen LogP contribution in [0.5, 0.6) is 5.75 Å². The summed E-state index contributed by atoms with van der Waals surface area (Å²) in [6, 6.07) is 6.95. The van der Waals surface area contributed by atoms with Crippen LogP contribution in [0.4, 0.5) is 0 Å². The minimum Gasteiger partial charge on any atom is -0.484 e. The average Bonchev–Trinajstić information content (AvgIpc) is 2.53. The molecule has 0 saturated carbocycles. The van der Waals surface area contributed by atoms with E-state index in [0.29, 0.717) is 23.9 Å². The predicted molar refractivity (Wildman–Crippen MR) is 78.1 cm³/mol. The number of halogens is 1. The van der Waals surface area contributed by atoms with Gasteiger partial charge in [0.1, 0.15) is 12.1 Å². The molecule has 1 aromatic carbocycles. The Morgan fingerprint density at radius 3 is 2.95 bits per heavy atom. The summed E-state index contributed by atoms with van der Waals surface area (Å²) in [5, 5.41) is 0.640. The van der Waals surface area contributed by atoms with Crippen molar-refractivity contribution < 1.29 is 9.53 Å². The molecule has 21 heavy (non-hydrogen) atoms. The predicted octanol–water partition coefficient (Wildman–Crippen LogP) is 2.09. The van der Waals surface area contributed by atoms with Crippen molar-refractivity contribution in [2.75, 3.05) is 13.2 Å². The van der Waals surface area contributed by atoms with E-state index in [2.05, 4.69) is 9.97 Å². The van der Waals surface area contributed by atoms with Gasteiger partial charge in [0, 0.05) is 36.3 Å². The van der Waals surface area contributed by atoms with Crippen LogP contribution in [0.1, 0.15) is 11.3 Å². The lowest BCUT2D eigenvalue weighted by molar-refractivity contribution is -0.134. The van der Waals surface area contributed by atoms with E-state index in [4.69, 9.17) is 16.3 Å². The first-order chi connectivity index (χ1) is 10.2. The number of hydrogen-bond acceptors (Lipinski definition) is 4. The summed E-state index contributed by atoms with van der Waals surface area (Å²) in [5.74, 6) is 0.591. The first kappa shape index (κ1) is 13.8. The van der Waals surface area contributed by atoms with E-state index in [1.807, 2.05) is 0 Å². The maximum Gasteiger partial charge on any atom is 0.260 e. The first-order valence-corrected chi connectivity index (χ1v) is 7.04. The van der Waals surface area contributed by atoms with E-state index in [1.54, 1.807) is 41.7 Å². The quantitative estimate of drug-likeness (QED) is 0.871. The summed E-state index contributed by atoms with van der Waals surface area (Å²) < 4.78 is 5.48. The van der Waals surface area contributed by atoms with Crippen LogP contribution in [0, 0.1) is 0 Å². The highest BCUT2D eigenvalue weighted by Gasteiger charge is 2.21. The second kappa shape index (κ2) is 6.10. The number of fused-ring (bicyclic) bond motifs is 1. The number of amides is 1. The fourth-order valence-electron chi connectivity index (χ4n) is 2.25. The van der Waals surface area contributed by atoms with Crippen LogP contribution in [0.3, 0.4) is 0 Å². The van der Waals surface area contributed by atoms with Gasteiger partial charge in [-0.15, -0.1) is 0 Å². The summed E-state index contributed by atoms with van der Waals surface area (Å²) in [4.78, 5) is 22.2. The Morgan fingerprint density at radius 2 is 2.14 bits per heavy atom. The van der Waals surface area contributed by atoms with Crippen LogP contribution in [0.15, 0.2) is 36.8 Å². The average molecular weight is 304 g/mol. The number of ether oxygens (including phenoxy) is 1. The van der Waals surface area contributed by atoms with E-state index in [-0.39, 0.29) is 12.5 Å². The van der Waals surface area contributed by atoms with Crippen LogP contribution in [-0.4, -0.2) is 33.9 Å². The maximum atomic E-state index is 12.2. The Labute approximate surface area is 127 Å². The molecule has 0 N–H and O–H groups in total. The molecule has 0 spiro atoms. The van der Waals surface area contributed by atoms with Gasteiger partial charge >= 0.3 is 0 Å². The van der Waals surface area contributed by atoms with Crippen LogP contribution in [0.25, 0.3) is 0 Å². The lowest BCUT2D eigenvalue weighted by Crippen LogP contribution is -2.39. The molecule has 0 radical (unpaired) electrons. The molecule has 3 rings (SSSR count). The molecule has 2 aromatic rings. The van der Waals surface area contributed by atoms with Gasteiger partial charge in [0.15, 0.2) is 6.61 Å². The molecule has 2 heterocycles. The second-order valence-electron chi connectivity index (χ2n) is 4.80. The van der Waals surface area contributed by atoms with Gasteiger partial charge in [-0.2, -0.15) is 0 Å². The van der Waals surface area contributed by atoms with E-state index in [1.165, 1.54) is 0 Å². The highest BCUT2D eigenvalue weighted by Crippen LogP contribution is 2.17. The molecule has 0 atom stereocenters. The topological polar surface area (TPSA) is 55.3 Å². The van der Waals surface area contributed by atoms with Gasteiger partial charge in [0.05, 0.1) is 5.69 Å². The second-order valence-corrected chi connectivity index (χ2v) is 5.24. The summed E-state index contributed by atoms with van der Waals surface area (Å²) in [6.07, 6.45) is 4.06. The molecule has 1 aromatic heterocycles. The zero-order valence-corrected chi connectivity index (χ0v) is 12.1. The minimum atomic E-state index is -0.0422. The Balaban J connectivity index is 1.58.